The lowest BCUT2D eigenvalue weighted by molar-refractivity contribution is -0.125. The fraction of sp³-hybridized carbons (Fsp3) is 0.429. The van der Waals surface area contributed by atoms with Crippen LogP contribution in [0.1, 0.15) is 12.0 Å². The minimum absolute atomic E-state index is 0.0913. The maximum absolute atomic E-state index is 12.4. The number of piperidine rings is 1. The lowest BCUT2D eigenvalue weighted by Gasteiger charge is -2.37. The number of rotatable bonds is 2. The molecular formula is C14H17N3O3S. The molecule has 1 atom stereocenters. The SMILES string of the molecule is Cc1ccc(S(=O)(=O)NC2=NCC3CN2CCC3=O)cc1. The van der Waals surface area contributed by atoms with E-state index in [1.807, 2.05) is 11.8 Å². The molecular weight excluding hydrogens is 290 g/mol. The molecule has 2 aliphatic rings. The van der Waals surface area contributed by atoms with Gasteiger partial charge in [0.1, 0.15) is 5.78 Å². The summed E-state index contributed by atoms with van der Waals surface area (Å²) < 4.78 is 27.2. The summed E-state index contributed by atoms with van der Waals surface area (Å²) in [5.41, 5.74) is 1.00. The average molecular weight is 307 g/mol. The van der Waals surface area contributed by atoms with Gasteiger partial charge in [0.25, 0.3) is 10.0 Å². The van der Waals surface area contributed by atoms with Crippen LogP contribution in [0.4, 0.5) is 0 Å². The molecule has 2 bridgehead atoms. The summed E-state index contributed by atoms with van der Waals surface area (Å²) in [4.78, 5) is 17.9. The Balaban J connectivity index is 1.81. The van der Waals surface area contributed by atoms with Gasteiger partial charge in [0.2, 0.25) is 5.96 Å². The number of nitrogens with one attached hydrogen (secondary N) is 1. The second-order valence-corrected chi connectivity index (χ2v) is 7.12. The molecule has 1 unspecified atom stereocenters. The third kappa shape index (κ3) is 2.78. The Hall–Kier alpha value is -1.89. The van der Waals surface area contributed by atoms with E-state index in [1.54, 1.807) is 24.3 Å². The zero-order chi connectivity index (χ0) is 15.0. The van der Waals surface area contributed by atoms with Crippen molar-refractivity contribution >= 4 is 21.8 Å². The lowest BCUT2D eigenvalue weighted by Crippen LogP contribution is -2.54. The van der Waals surface area contributed by atoms with Crippen LogP contribution in [0.5, 0.6) is 0 Å². The second-order valence-electron chi connectivity index (χ2n) is 5.44. The summed E-state index contributed by atoms with van der Waals surface area (Å²) in [5, 5.41) is 0. The third-order valence-electron chi connectivity index (χ3n) is 3.84. The van der Waals surface area contributed by atoms with Gasteiger partial charge in [0, 0.05) is 19.5 Å². The monoisotopic (exact) mass is 307 g/mol. The zero-order valence-corrected chi connectivity index (χ0v) is 12.6. The van der Waals surface area contributed by atoms with Crippen molar-refractivity contribution in [2.24, 2.45) is 10.9 Å². The molecule has 2 heterocycles. The fourth-order valence-electron chi connectivity index (χ4n) is 2.55. The minimum atomic E-state index is -3.63. The van der Waals surface area contributed by atoms with Gasteiger partial charge in [-0.2, -0.15) is 0 Å². The number of benzene rings is 1. The molecule has 0 saturated carbocycles. The summed E-state index contributed by atoms with van der Waals surface area (Å²) in [6, 6.07) is 6.66. The molecule has 0 radical (unpaired) electrons. The first-order valence-electron chi connectivity index (χ1n) is 6.87. The zero-order valence-electron chi connectivity index (χ0n) is 11.7. The van der Waals surface area contributed by atoms with Gasteiger partial charge in [-0.15, -0.1) is 0 Å². The first-order chi connectivity index (χ1) is 9.95. The van der Waals surface area contributed by atoms with Gasteiger partial charge in [-0.05, 0) is 19.1 Å². The van der Waals surface area contributed by atoms with Crippen LogP contribution in [0.15, 0.2) is 34.2 Å². The highest BCUT2D eigenvalue weighted by molar-refractivity contribution is 7.90. The van der Waals surface area contributed by atoms with E-state index in [0.717, 1.165) is 5.56 Å². The Bertz CT molecular complexity index is 695. The van der Waals surface area contributed by atoms with E-state index in [4.69, 9.17) is 0 Å². The number of sulfonamides is 1. The molecule has 1 N–H and O–H groups in total. The molecule has 112 valence electrons. The Morgan fingerprint density at radius 2 is 2.00 bits per heavy atom. The highest BCUT2D eigenvalue weighted by Crippen LogP contribution is 2.19. The third-order valence-corrected chi connectivity index (χ3v) is 5.19. The maximum atomic E-state index is 12.4. The predicted octanol–water partition coefficient (Wildman–Crippen LogP) is 0.534. The predicted molar refractivity (Wildman–Crippen MR) is 78.5 cm³/mol. The molecule has 2 aliphatic heterocycles. The van der Waals surface area contributed by atoms with Crippen LogP contribution in [-0.2, 0) is 14.8 Å². The fourth-order valence-corrected chi connectivity index (χ4v) is 3.60. The average Bonchev–Trinajstić information content (AvgIpc) is 2.45. The molecule has 0 aromatic heterocycles. The van der Waals surface area contributed by atoms with Crippen LogP contribution in [0.25, 0.3) is 0 Å². The number of Topliss-reactive ketones (excluding diaryl/α,β-unsaturated/α-hetero) is 1. The van der Waals surface area contributed by atoms with Crippen LogP contribution >= 0.6 is 0 Å². The van der Waals surface area contributed by atoms with Crippen molar-refractivity contribution in [3.05, 3.63) is 29.8 Å². The van der Waals surface area contributed by atoms with Crippen LogP contribution in [0.2, 0.25) is 0 Å². The van der Waals surface area contributed by atoms with Crippen molar-refractivity contribution < 1.29 is 13.2 Å². The Labute approximate surface area is 123 Å². The van der Waals surface area contributed by atoms with Crippen molar-refractivity contribution in [3.8, 4) is 0 Å². The highest BCUT2D eigenvalue weighted by Gasteiger charge is 2.33. The summed E-state index contributed by atoms with van der Waals surface area (Å²) >= 11 is 0. The molecule has 1 aromatic rings. The van der Waals surface area contributed by atoms with E-state index in [1.165, 1.54) is 0 Å². The van der Waals surface area contributed by atoms with Gasteiger partial charge >= 0.3 is 0 Å². The highest BCUT2D eigenvalue weighted by atomic mass is 32.2. The van der Waals surface area contributed by atoms with Gasteiger partial charge in [0.05, 0.1) is 17.4 Å². The van der Waals surface area contributed by atoms with Gasteiger partial charge < -0.3 is 4.90 Å². The molecule has 1 fully saturated rings. The van der Waals surface area contributed by atoms with Gasteiger partial charge in [-0.25, -0.2) is 13.1 Å². The van der Waals surface area contributed by atoms with Crippen molar-refractivity contribution in [1.82, 2.24) is 9.62 Å². The Morgan fingerprint density at radius 1 is 1.29 bits per heavy atom. The number of hydrogen-bond acceptors (Lipinski definition) is 5. The first-order valence-corrected chi connectivity index (χ1v) is 8.35. The maximum Gasteiger partial charge on any atom is 0.264 e. The summed E-state index contributed by atoms with van der Waals surface area (Å²) in [6.45, 7) is 3.33. The van der Waals surface area contributed by atoms with Crippen molar-refractivity contribution in [2.75, 3.05) is 19.6 Å². The number of guanidine groups is 1. The number of aryl methyl sites for hydroxylation is 1. The van der Waals surface area contributed by atoms with Crippen molar-refractivity contribution in [2.45, 2.75) is 18.2 Å². The summed E-state index contributed by atoms with van der Waals surface area (Å²) in [5.74, 6) is 0.473. The van der Waals surface area contributed by atoms with Crippen LogP contribution in [-0.4, -0.2) is 44.7 Å². The first kappa shape index (κ1) is 14.1. The van der Waals surface area contributed by atoms with Crippen LogP contribution in [0, 0.1) is 12.8 Å². The topological polar surface area (TPSA) is 78.8 Å². The molecule has 3 rings (SSSR count). The van der Waals surface area contributed by atoms with E-state index < -0.39 is 10.0 Å². The van der Waals surface area contributed by atoms with Crippen LogP contribution in [0.3, 0.4) is 0 Å². The summed E-state index contributed by atoms with van der Waals surface area (Å²) in [6.07, 6.45) is 0.454. The van der Waals surface area contributed by atoms with E-state index >= 15 is 0 Å². The Kier molecular flexibility index (Phi) is 3.44. The van der Waals surface area contributed by atoms with Gasteiger partial charge in [-0.1, -0.05) is 17.7 Å². The molecule has 1 aromatic carbocycles. The normalized spacial score (nSPS) is 22.0. The number of carbonyl (C=O) groups excluding carboxylic acids is 1. The van der Waals surface area contributed by atoms with E-state index in [2.05, 4.69) is 9.71 Å². The summed E-state index contributed by atoms with van der Waals surface area (Å²) in [7, 11) is -3.63. The van der Waals surface area contributed by atoms with E-state index in [9.17, 15) is 13.2 Å². The number of ketones is 1. The quantitative estimate of drug-likeness (QED) is 0.864. The Morgan fingerprint density at radius 3 is 2.71 bits per heavy atom. The van der Waals surface area contributed by atoms with Crippen molar-refractivity contribution in [1.29, 1.82) is 0 Å². The number of aliphatic imine (C=N–C) groups is 1. The van der Waals surface area contributed by atoms with E-state index in [0.29, 0.717) is 32.0 Å². The molecule has 0 amide bonds. The van der Waals surface area contributed by atoms with Crippen molar-refractivity contribution in [3.63, 3.8) is 0 Å². The molecule has 6 nitrogen and oxygen atoms in total. The van der Waals surface area contributed by atoms with Crippen LogP contribution < -0.4 is 4.72 Å². The smallest absolute Gasteiger partial charge is 0.264 e. The number of carbonyl (C=O) groups is 1. The molecule has 1 saturated heterocycles. The lowest BCUT2D eigenvalue weighted by atomic mass is 9.96. The second kappa shape index (κ2) is 5.14. The van der Waals surface area contributed by atoms with Gasteiger partial charge in [0.15, 0.2) is 0 Å². The molecule has 0 spiro atoms. The standard InChI is InChI=1S/C14H17N3O3S/c1-10-2-4-12(5-3-10)21(19,20)16-14-15-8-11-9-17(14)7-6-13(11)18/h2-5,11H,6-9H2,1H3,(H,15,16). The minimum Gasteiger partial charge on any atom is -0.341 e. The molecule has 7 heteroatoms. The molecule has 0 aliphatic carbocycles. The number of fused-ring (bicyclic) bond motifs is 2. The van der Waals surface area contributed by atoms with E-state index in [-0.39, 0.29) is 16.6 Å². The number of nitrogens with zero attached hydrogens (tertiary/aromatic N) is 2. The number of hydrogen-bond donors (Lipinski definition) is 1. The largest absolute Gasteiger partial charge is 0.341 e. The molecule has 21 heavy (non-hydrogen) atoms. The van der Waals surface area contributed by atoms with Gasteiger partial charge in [-0.3, -0.25) is 9.79 Å².